The molecule has 0 aliphatic heterocycles. The molecule has 6 nitrogen and oxygen atoms in total. The van der Waals surface area contributed by atoms with Gasteiger partial charge in [-0.3, -0.25) is 0 Å². The molecule has 0 aliphatic carbocycles. The maximum Gasteiger partial charge on any atom is 0.281 e. The van der Waals surface area contributed by atoms with Gasteiger partial charge in [0.05, 0.1) is 0 Å². The van der Waals surface area contributed by atoms with Crippen LogP contribution in [0.3, 0.4) is 0 Å². The highest BCUT2D eigenvalue weighted by atomic mass is 32.2. The molecule has 0 aliphatic rings. The summed E-state index contributed by atoms with van der Waals surface area (Å²) < 4.78 is 22.3. The number of rotatable bonds is 5. The lowest BCUT2D eigenvalue weighted by Crippen LogP contribution is -2.49. The van der Waals surface area contributed by atoms with Crippen LogP contribution in [0.1, 0.15) is 26.7 Å². The minimum atomic E-state index is -4.05. The van der Waals surface area contributed by atoms with Crippen molar-refractivity contribution in [3.8, 4) is 0 Å². The molecule has 13 heavy (non-hydrogen) atoms. The first-order valence-corrected chi connectivity index (χ1v) is 5.52. The third kappa shape index (κ3) is 3.57. The minimum absolute atomic E-state index is 0.174. The topological polar surface area (TPSA) is 104 Å². The summed E-state index contributed by atoms with van der Waals surface area (Å²) in [5, 5.41) is 23.3. The third-order valence-corrected chi connectivity index (χ3v) is 2.69. The van der Waals surface area contributed by atoms with Gasteiger partial charge in [0.1, 0.15) is 12.5 Å². The van der Waals surface area contributed by atoms with Crippen molar-refractivity contribution in [1.82, 2.24) is 4.31 Å². The van der Waals surface area contributed by atoms with Gasteiger partial charge in [-0.2, -0.15) is 8.42 Å². The van der Waals surface area contributed by atoms with Crippen LogP contribution in [0.15, 0.2) is 0 Å². The van der Waals surface area contributed by atoms with Crippen LogP contribution in [-0.2, 0) is 10.2 Å². The number of nitrogens with two attached hydrogens (primary N) is 1. The molecule has 0 bridgehead atoms. The van der Waals surface area contributed by atoms with E-state index in [1.807, 2.05) is 0 Å². The molecular formula is C6H16N2O4S. The highest BCUT2D eigenvalue weighted by Crippen LogP contribution is 2.10. The molecule has 0 spiro atoms. The second kappa shape index (κ2) is 4.87. The van der Waals surface area contributed by atoms with E-state index in [9.17, 15) is 18.6 Å². The first-order valence-electron chi connectivity index (χ1n) is 4.02. The minimum Gasteiger partial charge on any atom is -0.377 e. The van der Waals surface area contributed by atoms with Gasteiger partial charge in [0, 0.05) is 0 Å². The Labute approximate surface area is 78.1 Å². The van der Waals surface area contributed by atoms with E-state index in [-0.39, 0.29) is 12.8 Å². The van der Waals surface area contributed by atoms with Gasteiger partial charge in [0.2, 0.25) is 0 Å². The van der Waals surface area contributed by atoms with Crippen molar-refractivity contribution >= 4 is 10.2 Å². The second-order valence-electron chi connectivity index (χ2n) is 2.65. The summed E-state index contributed by atoms with van der Waals surface area (Å²) in [6.45, 7) is 3.18. The van der Waals surface area contributed by atoms with Gasteiger partial charge in [-0.25, -0.2) is 5.14 Å². The molecule has 2 unspecified atom stereocenters. The maximum absolute atomic E-state index is 10.9. The van der Waals surface area contributed by atoms with Gasteiger partial charge < -0.3 is 10.2 Å². The van der Waals surface area contributed by atoms with Crippen molar-refractivity contribution in [2.45, 2.75) is 39.1 Å². The van der Waals surface area contributed by atoms with Gasteiger partial charge in [-0.1, -0.05) is 13.8 Å². The fourth-order valence-electron chi connectivity index (χ4n) is 0.898. The second-order valence-corrected chi connectivity index (χ2v) is 4.10. The third-order valence-electron chi connectivity index (χ3n) is 1.61. The zero-order valence-electron chi connectivity index (χ0n) is 7.71. The highest BCUT2D eigenvalue weighted by molar-refractivity contribution is 7.86. The van der Waals surface area contributed by atoms with Gasteiger partial charge in [0.15, 0.2) is 0 Å². The van der Waals surface area contributed by atoms with E-state index >= 15 is 0 Å². The fraction of sp³-hybridized carbons (Fsp3) is 1.00. The van der Waals surface area contributed by atoms with Crippen molar-refractivity contribution in [2.75, 3.05) is 0 Å². The van der Waals surface area contributed by atoms with Crippen LogP contribution in [0.4, 0.5) is 0 Å². The summed E-state index contributed by atoms with van der Waals surface area (Å²) >= 11 is 0. The fourth-order valence-corrected chi connectivity index (χ4v) is 1.87. The highest BCUT2D eigenvalue weighted by Gasteiger charge is 2.29. The van der Waals surface area contributed by atoms with Crippen LogP contribution in [0.25, 0.3) is 0 Å². The van der Waals surface area contributed by atoms with E-state index in [1.165, 1.54) is 0 Å². The molecule has 0 radical (unpaired) electrons. The molecule has 7 heteroatoms. The summed E-state index contributed by atoms with van der Waals surface area (Å²) in [6.07, 6.45) is -2.20. The Balaban J connectivity index is 4.76. The summed E-state index contributed by atoms with van der Waals surface area (Å²) in [7, 11) is -4.05. The molecule has 0 saturated carbocycles. The summed E-state index contributed by atoms with van der Waals surface area (Å²) in [4.78, 5) is 0. The quantitative estimate of drug-likeness (QED) is 0.506. The molecule has 0 heterocycles. The predicted molar refractivity (Wildman–Crippen MR) is 47.5 cm³/mol. The molecule has 0 rings (SSSR count). The zero-order chi connectivity index (χ0) is 10.6. The van der Waals surface area contributed by atoms with Gasteiger partial charge >= 0.3 is 0 Å². The summed E-state index contributed by atoms with van der Waals surface area (Å²) in [5.74, 6) is 0. The molecule has 0 aromatic carbocycles. The van der Waals surface area contributed by atoms with Crippen molar-refractivity contribution in [2.24, 2.45) is 5.14 Å². The van der Waals surface area contributed by atoms with E-state index in [2.05, 4.69) is 0 Å². The van der Waals surface area contributed by atoms with Crippen molar-refractivity contribution < 1.29 is 18.6 Å². The molecule has 0 aromatic rings. The molecule has 0 amide bonds. The molecule has 80 valence electrons. The van der Waals surface area contributed by atoms with E-state index in [0.29, 0.717) is 4.31 Å². The molecule has 0 aromatic heterocycles. The Hall–Kier alpha value is -0.210. The van der Waals surface area contributed by atoms with E-state index in [0.717, 1.165) is 0 Å². The van der Waals surface area contributed by atoms with Crippen molar-refractivity contribution in [3.05, 3.63) is 0 Å². The lowest BCUT2D eigenvalue weighted by molar-refractivity contribution is -0.0459. The number of hydrogen-bond acceptors (Lipinski definition) is 4. The van der Waals surface area contributed by atoms with Gasteiger partial charge in [-0.15, -0.1) is 4.31 Å². The summed E-state index contributed by atoms with van der Waals surface area (Å²) in [6, 6.07) is 0. The lowest BCUT2D eigenvalue weighted by atomic mass is 10.3. The van der Waals surface area contributed by atoms with Crippen LogP contribution in [0.2, 0.25) is 0 Å². The van der Waals surface area contributed by atoms with E-state index in [4.69, 9.17) is 5.14 Å². The van der Waals surface area contributed by atoms with Crippen LogP contribution in [-0.4, -0.2) is 35.4 Å². The number of aliphatic hydroxyl groups excluding tert-OH is 2. The average molecular weight is 212 g/mol. The van der Waals surface area contributed by atoms with Crippen LogP contribution < -0.4 is 5.14 Å². The Kier molecular flexibility index (Phi) is 4.79. The maximum atomic E-state index is 10.9. The number of hydrogen-bond donors (Lipinski definition) is 3. The standard InChI is InChI=1S/C6H16N2O4S/c1-3-5(9)8(6(10)4-2)13(7,11)12/h5-6,9-10H,3-4H2,1-2H3,(H2,7,11,12). The SMILES string of the molecule is CCC(O)N(C(O)CC)S(N)(=O)=O. The van der Waals surface area contributed by atoms with E-state index in [1.54, 1.807) is 13.8 Å². The number of nitrogens with zero attached hydrogens (tertiary/aromatic N) is 1. The average Bonchev–Trinajstić information content (AvgIpc) is 2.01. The zero-order valence-corrected chi connectivity index (χ0v) is 8.53. The first kappa shape index (κ1) is 12.8. The molecule has 0 fully saturated rings. The Bertz CT molecular complexity index is 231. The van der Waals surface area contributed by atoms with Crippen LogP contribution in [0.5, 0.6) is 0 Å². The Morgan fingerprint density at radius 3 is 1.69 bits per heavy atom. The van der Waals surface area contributed by atoms with Crippen LogP contribution >= 0.6 is 0 Å². The Morgan fingerprint density at radius 1 is 1.23 bits per heavy atom. The largest absolute Gasteiger partial charge is 0.377 e. The smallest absolute Gasteiger partial charge is 0.281 e. The predicted octanol–water partition coefficient (Wildman–Crippen LogP) is -1.05. The Morgan fingerprint density at radius 2 is 1.54 bits per heavy atom. The number of aliphatic hydroxyl groups is 2. The normalized spacial score (nSPS) is 17.4. The lowest BCUT2D eigenvalue weighted by Gasteiger charge is -2.28. The van der Waals surface area contributed by atoms with E-state index < -0.39 is 22.7 Å². The van der Waals surface area contributed by atoms with Gasteiger partial charge in [0.25, 0.3) is 10.2 Å². The first-order chi connectivity index (χ1) is 5.84. The van der Waals surface area contributed by atoms with Gasteiger partial charge in [-0.05, 0) is 12.8 Å². The van der Waals surface area contributed by atoms with Crippen LogP contribution in [0, 0.1) is 0 Å². The monoisotopic (exact) mass is 212 g/mol. The molecule has 4 N–H and O–H groups in total. The summed E-state index contributed by atoms with van der Waals surface area (Å²) in [5.41, 5.74) is 0. The van der Waals surface area contributed by atoms with Crippen molar-refractivity contribution in [3.63, 3.8) is 0 Å². The molecule has 2 atom stereocenters. The molecular weight excluding hydrogens is 196 g/mol. The molecule has 0 saturated heterocycles. The van der Waals surface area contributed by atoms with Crippen molar-refractivity contribution in [1.29, 1.82) is 0 Å².